The lowest BCUT2D eigenvalue weighted by atomic mass is 9.99. The predicted molar refractivity (Wildman–Crippen MR) is 76.7 cm³/mol. The summed E-state index contributed by atoms with van der Waals surface area (Å²) in [4.78, 5) is 25.1. The smallest absolute Gasteiger partial charge is 0.326 e. The summed E-state index contributed by atoms with van der Waals surface area (Å²) in [6, 6.07) is -1.24. The van der Waals surface area contributed by atoms with E-state index in [0.717, 1.165) is 32.7 Å². The maximum Gasteiger partial charge on any atom is 0.326 e. The van der Waals surface area contributed by atoms with Crippen LogP contribution in [0.4, 0.5) is 4.79 Å². The molecule has 1 saturated heterocycles. The van der Waals surface area contributed by atoms with Gasteiger partial charge in [0.2, 0.25) is 0 Å². The van der Waals surface area contributed by atoms with Crippen LogP contribution in [0.25, 0.3) is 0 Å². The van der Waals surface area contributed by atoms with Crippen LogP contribution in [0.1, 0.15) is 20.3 Å². The van der Waals surface area contributed by atoms with Gasteiger partial charge >= 0.3 is 12.0 Å². The van der Waals surface area contributed by atoms with E-state index >= 15 is 0 Å². The Morgan fingerprint density at radius 1 is 1.35 bits per heavy atom. The number of carbonyl (C=O) groups excluding carboxylic acids is 1. The summed E-state index contributed by atoms with van der Waals surface area (Å²) in [6.07, 6.45) is 0.706. The second-order valence-corrected chi connectivity index (χ2v) is 5.19. The lowest BCUT2D eigenvalue weighted by Crippen LogP contribution is -2.51. The highest BCUT2D eigenvalue weighted by molar-refractivity contribution is 5.82. The minimum Gasteiger partial charge on any atom is -0.480 e. The molecule has 0 bridgehead atoms. The molecule has 0 unspecified atom stereocenters. The van der Waals surface area contributed by atoms with E-state index in [1.807, 2.05) is 13.8 Å². The molecule has 0 aromatic heterocycles. The van der Waals surface area contributed by atoms with Crippen LogP contribution in [-0.4, -0.2) is 67.3 Å². The summed E-state index contributed by atoms with van der Waals surface area (Å²) in [7, 11) is 0. The standard InChI is InChI=1S/C13H26N4O3/c1-3-10(2)11(12(18)19)16-13(20)15-6-9-17-7-4-14-5-8-17/h10-11,14H,3-9H2,1-2H3,(H,18,19)(H2,15,16,20)/t10-,11-/m0/s1. The Labute approximate surface area is 120 Å². The van der Waals surface area contributed by atoms with Crippen molar-refractivity contribution in [2.45, 2.75) is 26.3 Å². The minimum absolute atomic E-state index is 0.0913. The van der Waals surface area contributed by atoms with Gasteiger partial charge in [-0.25, -0.2) is 9.59 Å². The molecule has 7 nitrogen and oxygen atoms in total. The topological polar surface area (TPSA) is 93.7 Å². The lowest BCUT2D eigenvalue weighted by Gasteiger charge is -2.27. The molecule has 1 aliphatic rings. The number of hydrogen-bond donors (Lipinski definition) is 4. The SMILES string of the molecule is CC[C@H](C)[C@H](NC(=O)NCCN1CCNCC1)C(=O)O. The molecule has 0 radical (unpaired) electrons. The molecule has 1 heterocycles. The van der Waals surface area contributed by atoms with Crippen LogP contribution in [-0.2, 0) is 4.79 Å². The summed E-state index contributed by atoms with van der Waals surface area (Å²) < 4.78 is 0. The Hall–Kier alpha value is -1.34. The van der Waals surface area contributed by atoms with E-state index in [4.69, 9.17) is 5.11 Å². The highest BCUT2D eigenvalue weighted by Gasteiger charge is 2.25. The fraction of sp³-hybridized carbons (Fsp3) is 0.846. The minimum atomic E-state index is -0.989. The molecule has 2 amide bonds. The van der Waals surface area contributed by atoms with Crippen molar-refractivity contribution in [1.82, 2.24) is 20.9 Å². The van der Waals surface area contributed by atoms with Crippen molar-refractivity contribution >= 4 is 12.0 Å². The van der Waals surface area contributed by atoms with Gasteiger partial charge in [-0.05, 0) is 5.92 Å². The van der Waals surface area contributed by atoms with Gasteiger partial charge in [-0.3, -0.25) is 4.90 Å². The van der Waals surface area contributed by atoms with Crippen molar-refractivity contribution in [2.24, 2.45) is 5.92 Å². The van der Waals surface area contributed by atoms with Gasteiger partial charge in [-0.2, -0.15) is 0 Å². The molecule has 0 aromatic carbocycles. The number of rotatable bonds is 7. The molecule has 1 fully saturated rings. The first-order valence-electron chi connectivity index (χ1n) is 7.24. The number of carboxylic acid groups (broad SMARTS) is 1. The Morgan fingerprint density at radius 3 is 2.55 bits per heavy atom. The van der Waals surface area contributed by atoms with Gasteiger partial charge in [0, 0.05) is 39.3 Å². The first kappa shape index (κ1) is 16.7. The molecule has 0 aromatic rings. The quantitative estimate of drug-likeness (QED) is 0.515. The lowest BCUT2D eigenvalue weighted by molar-refractivity contribution is -0.140. The van der Waals surface area contributed by atoms with Gasteiger partial charge < -0.3 is 21.1 Å². The summed E-state index contributed by atoms with van der Waals surface area (Å²) in [5.41, 5.74) is 0. The van der Waals surface area contributed by atoms with Crippen LogP contribution in [0.5, 0.6) is 0 Å². The number of nitrogens with one attached hydrogen (secondary N) is 3. The second kappa shape index (κ2) is 8.76. The molecule has 4 N–H and O–H groups in total. The van der Waals surface area contributed by atoms with E-state index in [2.05, 4.69) is 20.9 Å². The molecule has 0 spiro atoms. The van der Waals surface area contributed by atoms with E-state index in [9.17, 15) is 9.59 Å². The number of nitrogens with zero attached hydrogens (tertiary/aromatic N) is 1. The maximum atomic E-state index is 11.7. The number of urea groups is 1. The molecule has 2 atom stereocenters. The fourth-order valence-corrected chi connectivity index (χ4v) is 2.14. The summed E-state index contributed by atoms with van der Waals surface area (Å²) in [6.45, 7) is 8.95. The summed E-state index contributed by atoms with van der Waals surface area (Å²) in [5.74, 6) is -1.08. The normalized spacial score (nSPS) is 19.1. The number of aliphatic carboxylic acids is 1. The maximum absolute atomic E-state index is 11.7. The zero-order chi connectivity index (χ0) is 15.0. The van der Waals surface area contributed by atoms with Gasteiger partial charge in [0.1, 0.15) is 6.04 Å². The van der Waals surface area contributed by atoms with Crippen molar-refractivity contribution in [3.63, 3.8) is 0 Å². The van der Waals surface area contributed by atoms with E-state index in [-0.39, 0.29) is 5.92 Å². The third kappa shape index (κ3) is 5.75. The van der Waals surface area contributed by atoms with Gasteiger partial charge in [0.15, 0.2) is 0 Å². The number of piperazine rings is 1. The largest absolute Gasteiger partial charge is 0.480 e. The van der Waals surface area contributed by atoms with Crippen molar-refractivity contribution in [2.75, 3.05) is 39.3 Å². The zero-order valence-corrected chi connectivity index (χ0v) is 12.3. The van der Waals surface area contributed by atoms with Gasteiger partial charge in [0.05, 0.1) is 0 Å². The molecule has 0 aliphatic carbocycles. The first-order valence-corrected chi connectivity index (χ1v) is 7.24. The molecule has 0 saturated carbocycles. The zero-order valence-electron chi connectivity index (χ0n) is 12.3. The fourth-order valence-electron chi connectivity index (χ4n) is 2.14. The van der Waals surface area contributed by atoms with E-state index < -0.39 is 18.0 Å². The Balaban J connectivity index is 2.25. The van der Waals surface area contributed by atoms with Crippen LogP contribution in [0.15, 0.2) is 0 Å². The highest BCUT2D eigenvalue weighted by Crippen LogP contribution is 2.07. The van der Waals surface area contributed by atoms with Crippen molar-refractivity contribution in [3.05, 3.63) is 0 Å². The van der Waals surface area contributed by atoms with Gasteiger partial charge in [-0.15, -0.1) is 0 Å². The average molecular weight is 286 g/mol. The van der Waals surface area contributed by atoms with Gasteiger partial charge in [-0.1, -0.05) is 20.3 Å². The predicted octanol–water partition coefficient (Wildman–Crippen LogP) is -0.310. The van der Waals surface area contributed by atoms with Crippen LogP contribution >= 0.6 is 0 Å². The molecule has 1 aliphatic heterocycles. The third-order valence-corrected chi connectivity index (χ3v) is 3.69. The third-order valence-electron chi connectivity index (χ3n) is 3.69. The Morgan fingerprint density at radius 2 is 2.00 bits per heavy atom. The van der Waals surface area contributed by atoms with E-state index in [0.29, 0.717) is 13.0 Å². The Kier molecular flexibility index (Phi) is 7.32. The van der Waals surface area contributed by atoms with Crippen molar-refractivity contribution in [1.29, 1.82) is 0 Å². The monoisotopic (exact) mass is 286 g/mol. The van der Waals surface area contributed by atoms with Crippen LogP contribution in [0, 0.1) is 5.92 Å². The van der Waals surface area contributed by atoms with Crippen LogP contribution in [0.3, 0.4) is 0 Å². The average Bonchev–Trinajstić information content (AvgIpc) is 2.45. The molecule has 116 valence electrons. The first-order chi connectivity index (χ1) is 9.54. The van der Waals surface area contributed by atoms with Crippen LogP contribution in [0.2, 0.25) is 0 Å². The van der Waals surface area contributed by atoms with Crippen LogP contribution < -0.4 is 16.0 Å². The van der Waals surface area contributed by atoms with Crippen molar-refractivity contribution < 1.29 is 14.7 Å². The second-order valence-electron chi connectivity index (χ2n) is 5.19. The Bertz CT molecular complexity index is 319. The summed E-state index contributed by atoms with van der Waals surface area (Å²) in [5, 5.41) is 17.6. The van der Waals surface area contributed by atoms with E-state index in [1.165, 1.54) is 0 Å². The highest BCUT2D eigenvalue weighted by atomic mass is 16.4. The number of carbonyl (C=O) groups is 2. The molecule has 1 rings (SSSR count). The number of carboxylic acids is 1. The van der Waals surface area contributed by atoms with Gasteiger partial charge in [0.25, 0.3) is 0 Å². The number of amides is 2. The van der Waals surface area contributed by atoms with Crippen molar-refractivity contribution in [3.8, 4) is 0 Å². The molecular weight excluding hydrogens is 260 g/mol. The number of hydrogen-bond acceptors (Lipinski definition) is 4. The molecular formula is C13H26N4O3. The molecule has 7 heteroatoms. The molecule has 20 heavy (non-hydrogen) atoms. The summed E-state index contributed by atoms with van der Waals surface area (Å²) >= 11 is 0. The van der Waals surface area contributed by atoms with E-state index in [1.54, 1.807) is 0 Å².